The summed E-state index contributed by atoms with van der Waals surface area (Å²) < 4.78 is 3.55. The molecule has 0 bridgehead atoms. The zero-order valence-electron chi connectivity index (χ0n) is 12.0. The molecule has 0 radical (unpaired) electrons. The van der Waals surface area contributed by atoms with E-state index in [1.165, 1.54) is 20.8 Å². The fraction of sp³-hybridized carbons (Fsp3) is 0.118. The molecular formula is C17H17IN2S. The number of thiazole rings is 1. The van der Waals surface area contributed by atoms with Gasteiger partial charge in [0.05, 0.1) is 0 Å². The summed E-state index contributed by atoms with van der Waals surface area (Å²) >= 11 is 1.81. The number of hydrogen-bond acceptors (Lipinski definition) is 2. The van der Waals surface area contributed by atoms with E-state index in [1.54, 1.807) is 0 Å². The SMILES string of the molecule is CNc1ccc(/C=C/c2sc3ccccc3[n+]2C)cc1.[I-]. The highest BCUT2D eigenvalue weighted by molar-refractivity contribution is 7.18. The van der Waals surface area contributed by atoms with Crippen LogP contribution in [-0.2, 0) is 7.05 Å². The first-order chi connectivity index (χ1) is 9.78. The minimum Gasteiger partial charge on any atom is -1.00 e. The van der Waals surface area contributed by atoms with Gasteiger partial charge in [-0.2, -0.15) is 4.57 Å². The average molecular weight is 408 g/mol. The molecule has 0 saturated heterocycles. The van der Waals surface area contributed by atoms with Gasteiger partial charge in [-0.05, 0) is 29.8 Å². The zero-order chi connectivity index (χ0) is 13.9. The number of nitrogens with zero attached hydrogens (tertiary/aromatic N) is 1. The van der Waals surface area contributed by atoms with Crippen LogP contribution in [0, 0.1) is 0 Å². The van der Waals surface area contributed by atoms with E-state index in [-0.39, 0.29) is 24.0 Å². The number of aryl methyl sites for hydroxylation is 1. The molecule has 0 aliphatic heterocycles. The van der Waals surface area contributed by atoms with Crippen LogP contribution in [0.5, 0.6) is 0 Å². The van der Waals surface area contributed by atoms with E-state index in [0.29, 0.717) is 0 Å². The molecule has 0 unspecified atom stereocenters. The molecule has 3 aromatic rings. The maximum Gasteiger partial charge on any atom is 0.262 e. The lowest BCUT2D eigenvalue weighted by atomic mass is 10.2. The third-order valence-electron chi connectivity index (χ3n) is 3.39. The summed E-state index contributed by atoms with van der Waals surface area (Å²) in [4.78, 5) is 0. The van der Waals surface area contributed by atoms with Crippen LogP contribution in [0.1, 0.15) is 10.6 Å². The summed E-state index contributed by atoms with van der Waals surface area (Å²) in [6, 6.07) is 16.9. The Labute approximate surface area is 146 Å². The Morgan fingerprint density at radius 1 is 1.00 bits per heavy atom. The quantitative estimate of drug-likeness (QED) is 0.504. The Bertz CT molecular complexity index is 760. The lowest BCUT2D eigenvalue weighted by Crippen LogP contribution is -3.00. The van der Waals surface area contributed by atoms with Gasteiger partial charge in [0.1, 0.15) is 11.7 Å². The number of halogens is 1. The maximum absolute atomic E-state index is 3.13. The molecule has 1 N–H and O–H groups in total. The van der Waals surface area contributed by atoms with Crippen LogP contribution in [0.2, 0.25) is 0 Å². The third-order valence-corrected chi connectivity index (χ3v) is 4.57. The monoisotopic (exact) mass is 408 g/mol. The number of benzene rings is 2. The minimum absolute atomic E-state index is 0. The van der Waals surface area contributed by atoms with Crippen molar-refractivity contribution in [2.24, 2.45) is 7.05 Å². The smallest absolute Gasteiger partial charge is 0.262 e. The zero-order valence-corrected chi connectivity index (χ0v) is 15.0. The van der Waals surface area contributed by atoms with Crippen molar-refractivity contribution in [1.29, 1.82) is 0 Å². The number of hydrogen-bond donors (Lipinski definition) is 1. The molecule has 0 aliphatic carbocycles. The predicted octanol–water partition coefficient (Wildman–Crippen LogP) is 0.942. The molecule has 0 fully saturated rings. The van der Waals surface area contributed by atoms with E-state index in [1.807, 2.05) is 18.4 Å². The topological polar surface area (TPSA) is 15.9 Å². The second-order valence-corrected chi connectivity index (χ2v) is 5.73. The van der Waals surface area contributed by atoms with Crippen molar-refractivity contribution in [1.82, 2.24) is 0 Å². The summed E-state index contributed by atoms with van der Waals surface area (Å²) in [6.07, 6.45) is 4.34. The molecule has 0 amide bonds. The summed E-state index contributed by atoms with van der Waals surface area (Å²) in [6.45, 7) is 0. The lowest BCUT2D eigenvalue weighted by Gasteiger charge is -1.98. The van der Waals surface area contributed by atoms with Gasteiger partial charge >= 0.3 is 0 Å². The molecule has 2 aromatic carbocycles. The van der Waals surface area contributed by atoms with Gasteiger partial charge in [0, 0.05) is 24.9 Å². The number of para-hydroxylation sites is 1. The van der Waals surface area contributed by atoms with Gasteiger partial charge in [0.2, 0.25) is 5.52 Å². The fourth-order valence-corrected chi connectivity index (χ4v) is 3.25. The van der Waals surface area contributed by atoms with Gasteiger partial charge in [-0.15, -0.1) is 0 Å². The molecule has 0 saturated carbocycles. The summed E-state index contributed by atoms with van der Waals surface area (Å²) in [5, 5.41) is 4.38. The second-order valence-electron chi connectivity index (χ2n) is 4.67. The van der Waals surface area contributed by atoms with E-state index in [0.717, 1.165) is 5.69 Å². The summed E-state index contributed by atoms with van der Waals surface area (Å²) in [5.41, 5.74) is 3.62. The number of rotatable bonds is 3. The molecule has 3 rings (SSSR count). The van der Waals surface area contributed by atoms with E-state index in [4.69, 9.17) is 0 Å². The molecule has 1 heterocycles. The lowest BCUT2D eigenvalue weighted by molar-refractivity contribution is -0.642. The molecule has 21 heavy (non-hydrogen) atoms. The van der Waals surface area contributed by atoms with Crippen molar-refractivity contribution in [3.05, 3.63) is 59.1 Å². The van der Waals surface area contributed by atoms with Gasteiger partial charge in [-0.3, -0.25) is 0 Å². The first-order valence-corrected chi connectivity index (χ1v) is 7.43. The Morgan fingerprint density at radius 3 is 2.38 bits per heavy atom. The largest absolute Gasteiger partial charge is 1.00 e. The first-order valence-electron chi connectivity index (χ1n) is 6.61. The Balaban J connectivity index is 0.00000161. The summed E-state index contributed by atoms with van der Waals surface area (Å²) in [7, 11) is 4.05. The Morgan fingerprint density at radius 2 is 1.71 bits per heavy atom. The highest BCUT2D eigenvalue weighted by Gasteiger charge is 2.12. The molecular weight excluding hydrogens is 391 g/mol. The number of aromatic nitrogens is 1. The molecule has 1 aromatic heterocycles. The van der Waals surface area contributed by atoms with Gasteiger partial charge in [0.25, 0.3) is 5.01 Å². The maximum atomic E-state index is 3.13. The van der Waals surface area contributed by atoms with Crippen LogP contribution in [0.15, 0.2) is 48.5 Å². The number of anilines is 1. The van der Waals surface area contributed by atoms with E-state index in [2.05, 4.69) is 77.6 Å². The van der Waals surface area contributed by atoms with E-state index in [9.17, 15) is 0 Å². The van der Waals surface area contributed by atoms with Gasteiger partial charge in [-0.25, -0.2) is 0 Å². The van der Waals surface area contributed by atoms with Crippen molar-refractivity contribution in [2.75, 3.05) is 12.4 Å². The van der Waals surface area contributed by atoms with Crippen LogP contribution in [-0.4, -0.2) is 7.05 Å². The predicted molar refractivity (Wildman–Crippen MR) is 87.9 cm³/mol. The van der Waals surface area contributed by atoms with Crippen molar-refractivity contribution in [3.63, 3.8) is 0 Å². The first kappa shape index (κ1) is 16.0. The fourth-order valence-electron chi connectivity index (χ4n) is 2.19. The average Bonchev–Trinajstić information content (AvgIpc) is 2.83. The molecule has 4 heteroatoms. The highest BCUT2D eigenvalue weighted by Crippen LogP contribution is 2.21. The minimum atomic E-state index is 0. The molecule has 108 valence electrons. The molecule has 2 nitrogen and oxygen atoms in total. The van der Waals surface area contributed by atoms with Gasteiger partial charge in [0.15, 0.2) is 0 Å². The molecule has 0 aliphatic rings. The van der Waals surface area contributed by atoms with Crippen LogP contribution in [0.25, 0.3) is 22.4 Å². The van der Waals surface area contributed by atoms with Crippen molar-refractivity contribution in [2.45, 2.75) is 0 Å². The third kappa shape index (κ3) is 3.44. The van der Waals surface area contributed by atoms with Gasteiger partial charge < -0.3 is 29.3 Å². The van der Waals surface area contributed by atoms with Crippen LogP contribution in [0.4, 0.5) is 5.69 Å². The molecule has 0 atom stereocenters. The highest BCUT2D eigenvalue weighted by atomic mass is 127. The Hall–Kier alpha value is -1.40. The van der Waals surface area contributed by atoms with Crippen molar-refractivity contribution >= 4 is 39.4 Å². The van der Waals surface area contributed by atoms with Crippen LogP contribution >= 0.6 is 11.3 Å². The standard InChI is InChI=1S/C17H16N2S.HI/c1-18-14-10-7-13(8-11-14)9-12-17-19(2)15-5-3-4-6-16(15)20-17;/h3-12H,1-2H3;1H. The van der Waals surface area contributed by atoms with Crippen LogP contribution < -0.4 is 33.9 Å². The number of fused-ring (bicyclic) bond motifs is 1. The van der Waals surface area contributed by atoms with Crippen molar-refractivity contribution < 1.29 is 28.5 Å². The molecule has 0 spiro atoms. The Kier molecular flexibility index (Phi) is 5.36. The summed E-state index contributed by atoms with van der Waals surface area (Å²) in [5.74, 6) is 0. The van der Waals surface area contributed by atoms with Gasteiger partial charge in [-0.1, -0.05) is 35.6 Å². The number of nitrogens with one attached hydrogen (secondary N) is 1. The van der Waals surface area contributed by atoms with E-state index >= 15 is 0 Å². The van der Waals surface area contributed by atoms with Crippen LogP contribution in [0.3, 0.4) is 0 Å². The van der Waals surface area contributed by atoms with Crippen molar-refractivity contribution in [3.8, 4) is 0 Å². The second kappa shape index (κ2) is 7.04. The normalized spacial score (nSPS) is 10.8. The van der Waals surface area contributed by atoms with E-state index < -0.39 is 0 Å².